The summed E-state index contributed by atoms with van der Waals surface area (Å²) in [5.41, 5.74) is 0. The van der Waals surface area contributed by atoms with Crippen molar-refractivity contribution in [3.63, 3.8) is 0 Å². The first-order valence-corrected chi connectivity index (χ1v) is 5.29. The Hall–Kier alpha value is -0.320. The van der Waals surface area contributed by atoms with Crippen LogP contribution in [0.2, 0.25) is 0 Å². The molecule has 1 aliphatic carbocycles. The first-order chi connectivity index (χ1) is 6.76. The molecule has 2 fully saturated rings. The molecular weight excluding hydrogens is 206 g/mol. The van der Waals surface area contributed by atoms with Gasteiger partial charge in [0.2, 0.25) is 0 Å². The summed E-state index contributed by atoms with van der Waals surface area (Å²) in [6.45, 7) is 1.37. The van der Waals surface area contributed by atoms with Gasteiger partial charge in [0.15, 0.2) is 5.79 Å². The summed E-state index contributed by atoms with van der Waals surface area (Å²) >= 11 is 5.76. The van der Waals surface area contributed by atoms with E-state index in [9.17, 15) is 0 Å². The average Bonchev–Trinajstić information content (AvgIpc) is 2.67. The van der Waals surface area contributed by atoms with Gasteiger partial charge in [-0.3, -0.25) is 0 Å². The van der Waals surface area contributed by atoms with Crippen LogP contribution in [0.5, 0.6) is 0 Å². The molecule has 0 aromatic heterocycles. The lowest BCUT2D eigenvalue weighted by Crippen LogP contribution is -2.36. The van der Waals surface area contributed by atoms with Gasteiger partial charge in [-0.25, -0.2) is 0 Å². The van der Waals surface area contributed by atoms with Crippen molar-refractivity contribution in [2.75, 3.05) is 13.2 Å². The second kappa shape index (κ2) is 4.04. The van der Waals surface area contributed by atoms with E-state index in [2.05, 4.69) is 5.16 Å². The number of rotatable bonds is 1. The van der Waals surface area contributed by atoms with Crippen molar-refractivity contribution < 1.29 is 14.7 Å². The Balaban J connectivity index is 1.91. The van der Waals surface area contributed by atoms with Gasteiger partial charge in [0.25, 0.3) is 0 Å². The number of halogens is 1. The van der Waals surface area contributed by atoms with E-state index in [4.69, 9.17) is 26.3 Å². The third-order valence-electron chi connectivity index (χ3n) is 2.99. The molecule has 0 aromatic carbocycles. The number of oxime groups is 1. The summed E-state index contributed by atoms with van der Waals surface area (Å²) in [4.78, 5) is 0. The Morgan fingerprint density at radius 2 is 1.86 bits per heavy atom. The molecule has 1 saturated carbocycles. The molecule has 0 radical (unpaired) electrons. The lowest BCUT2D eigenvalue weighted by Gasteiger charge is -2.34. The Labute approximate surface area is 87.8 Å². The number of ether oxygens (including phenoxy) is 2. The van der Waals surface area contributed by atoms with E-state index in [0.717, 1.165) is 25.7 Å². The predicted octanol–water partition coefficient (Wildman–Crippen LogP) is 1.95. The van der Waals surface area contributed by atoms with Crippen LogP contribution in [-0.4, -0.2) is 29.4 Å². The molecule has 0 unspecified atom stereocenters. The summed E-state index contributed by atoms with van der Waals surface area (Å²) in [6, 6.07) is 0. The molecule has 0 bridgehead atoms. The third kappa shape index (κ3) is 1.87. The van der Waals surface area contributed by atoms with Gasteiger partial charge in [-0.05, 0) is 12.8 Å². The summed E-state index contributed by atoms with van der Waals surface area (Å²) in [5.74, 6) is -0.191. The Morgan fingerprint density at radius 3 is 2.36 bits per heavy atom. The fraction of sp³-hybridized carbons (Fsp3) is 0.889. The molecule has 0 atom stereocenters. The van der Waals surface area contributed by atoms with E-state index < -0.39 is 0 Å². The first kappa shape index (κ1) is 10.2. The highest BCUT2D eigenvalue weighted by atomic mass is 35.5. The van der Waals surface area contributed by atoms with Crippen molar-refractivity contribution in [3.05, 3.63) is 0 Å². The molecule has 2 rings (SSSR count). The highest BCUT2D eigenvalue weighted by Crippen LogP contribution is 2.39. The van der Waals surface area contributed by atoms with Crippen LogP contribution in [0.15, 0.2) is 5.16 Å². The van der Waals surface area contributed by atoms with Crippen LogP contribution in [-0.2, 0) is 9.47 Å². The summed E-state index contributed by atoms with van der Waals surface area (Å²) in [5, 5.41) is 11.9. The molecule has 80 valence electrons. The zero-order chi connectivity index (χ0) is 10.0. The lowest BCUT2D eigenvalue weighted by atomic mass is 9.86. The fourth-order valence-electron chi connectivity index (χ4n) is 2.16. The van der Waals surface area contributed by atoms with Crippen LogP contribution in [0.1, 0.15) is 25.7 Å². The highest BCUT2D eigenvalue weighted by Gasteiger charge is 2.41. The maximum Gasteiger partial charge on any atom is 0.168 e. The van der Waals surface area contributed by atoms with E-state index in [-0.39, 0.29) is 11.7 Å². The van der Waals surface area contributed by atoms with Crippen molar-refractivity contribution in [2.24, 2.45) is 11.1 Å². The van der Waals surface area contributed by atoms with Crippen LogP contribution < -0.4 is 0 Å². The smallest absolute Gasteiger partial charge is 0.168 e. The average molecular weight is 220 g/mol. The van der Waals surface area contributed by atoms with Gasteiger partial charge >= 0.3 is 0 Å². The molecule has 0 aromatic rings. The summed E-state index contributed by atoms with van der Waals surface area (Å²) in [6.07, 6.45) is 3.40. The first-order valence-electron chi connectivity index (χ1n) is 4.91. The molecule has 1 heterocycles. The van der Waals surface area contributed by atoms with E-state index in [0.29, 0.717) is 18.4 Å². The molecule has 0 amide bonds. The van der Waals surface area contributed by atoms with Gasteiger partial charge in [-0.2, -0.15) is 0 Å². The molecular formula is C9H14ClNO3. The maximum atomic E-state index is 8.54. The molecule has 1 aliphatic heterocycles. The Morgan fingerprint density at radius 1 is 1.29 bits per heavy atom. The minimum atomic E-state index is -0.358. The Bertz CT molecular complexity index is 228. The van der Waals surface area contributed by atoms with E-state index in [1.807, 2.05) is 0 Å². The van der Waals surface area contributed by atoms with Gasteiger partial charge in [-0.1, -0.05) is 16.8 Å². The van der Waals surface area contributed by atoms with Crippen molar-refractivity contribution in [3.8, 4) is 0 Å². The minimum Gasteiger partial charge on any atom is -0.410 e. The van der Waals surface area contributed by atoms with Crippen molar-refractivity contribution in [2.45, 2.75) is 31.5 Å². The molecule has 2 aliphatic rings. The number of hydrogen-bond donors (Lipinski definition) is 1. The summed E-state index contributed by atoms with van der Waals surface area (Å²) in [7, 11) is 0. The third-order valence-corrected chi connectivity index (χ3v) is 3.38. The maximum absolute atomic E-state index is 8.54. The van der Waals surface area contributed by atoms with Crippen molar-refractivity contribution in [1.29, 1.82) is 0 Å². The molecule has 1 N–H and O–H groups in total. The normalized spacial score (nSPS) is 28.5. The van der Waals surface area contributed by atoms with Gasteiger partial charge in [0.05, 0.1) is 13.2 Å². The monoisotopic (exact) mass is 219 g/mol. The lowest BCUT2D eigenvalue weighted by molar-refractivity contribution is -0.179. The zero-order valence-corrected chi connectivity index (χ0v) is 8.66. The fourth-order valence-corrected chi connectivity index (χ4v) is 2.38. The zero-order valence-electron chi connectivity index (χ0n) is 7.91. The second-order valence-electron chi connectivity index (χ2n) is 3.80. The van der Waals surface area contributed by atoms with E-state index in [1.165, 1.54) is 0 Å². The second-order valence-corrected chi connectivity index (χ2v) is 4.19. The molecule has 5 heteroatoms. The van der Waals surface area contributed by atoms with E-state index in [1.54, 1.807) is 0 Å². The SMILES string of the molecule is ON=C(Cl)C1CCC2(CC1)OCCO2. The number of nitrogens with zero attached hydrogens (tertiary/aromatic N) is 1. The molecule has 4 nitrogen and oxygen atoms in total. The van der Waals surface area contributed by atoms with Crippen LogP contribution in [0.4, 0.5) is 0 Å². The van der Waals surface area contributed by atoms with Gasteiger partial charge in [-0.15, -0.1) is 0 Å². The molecule has 1 spiro atoms. The largest absolute Gasteiger partial charge is 0.410 e. The predicted molar refractivity (Wildman–Crippen MR) is 51.7 cm³/mol. The molecule has 14 heavy (non-hydrogen) atoms. The van der Waals surface area contributed by atoms with Crippen LogP contribution in [0, 0.1) is 5.92 Å². The van der Waals surface area contributed by atoms with Crippen LogP contribution >= 0.6 is 11.6 Å². The quantitative estimate of drug-likeness (QED) is 0.417. The minimum absolute atomic E-state index is 0.167. The topological polar surface area (TPSA) is 51.1 Å². The molecule has 1 saturated heterocycles. The van der Waals surface area contributed by atoms with Gasteiger partial charge in [0.1, 0.15) is 5.17 Å². The van der Waals surface area contributed by atoms with E-state index >= 15 is 0 Å². The standard InChI is InChI=1S/C9H14ClNO3/c10-8(11-12)7-1-3-9(4-2-7)13-5-6-14-9/h7,12H,1-6H2. The van der Waals surface area contributed by atoms with Crippen LogP contribution in [0.3, 0.4) is 0 Å². The highest BCUT2D eigenvalue weighted by molar-refractivity contribution is 6.65. The Kier molecular flexibility index (Phi) is 2.95. The van der Waals surface area contributed by atoms with Crippen molar-refractivity contribution in [1.82, 2.24) is 0 Å². The van der Waals surface area contributed by atoms with Crippen molar-refractivity contribution >= 4 is 16.8 Å². The van der Waals surface area contributed by atoms with Gasteiger partial charge < -0.3 is 14.7 Å². The van der Waals surface area contributed by atoms with Crippen LogP contribution in [0.25, 0.3) is 0 Å². The number of hydrogen-bond acceptors (Lipinski definition) is 4. The van der Waals surface area contributed by atoms with Gasteiger partial charge in [0, 0.05) is 18.8 Å². The summed E-state index contributed by atoms with van der Waals surface area (Å²) < 4.78 is 11.2.